The van der Waals surface area contributed by atoms with Crippen LogP contribution in [0.2, 0.25) is 0 Å². The minimum Gasteiger partial charge on any atom is -0.354 e. The molecule has 0 radical (unpaired) electrons. The molecule has 1 unspecified atom stereocenters. The average molecular weight is 481 g/mol. The van der Waals surface area contributed by atoms with E-state index in [1.165, 1.54) is 0 Å². The fraction of sp³-hybridized carbons (Fsp3) is 0.214. The Kier molecular flexibility index (Phi) is 6.64. The number of benzene rings is 1. The molecule has 1 aromatic carbocycles. The van der Waals surface area contributed by atoms with Crippen molar-refractivity contribution in [3.8, 4) is 6.07 Å². The maximum absolute atomic E-state index is 13.5. The molecule has 6 nitrogen and oxygen atoms in total. The normalized spacial score (nSPS) is 17.0. The maximum Gasteiger partial charge on any atom is 0.245 e. The molecule has 1 amide bonds. The van der Waals surface area contributed by atoms with Crippen molar-refractivity contribution in [3.63, 3.8) is 0 Å². The van der Waals surface area contributed by atoms with Gasteiger partial charge in [0.25, 0.3) is 0 Å². The van der Waals surface area contributed by atoms with Crippen LogP contribution in [0.4, 0.5) is 0 Å². The van der Waals surface area contributed by atoms with Gasteiger partial charge >= 0.3 is 0 Å². The standard InChI is InChI=1S/C28H24N4O2S/c29-17-22(28(34)30-16-15-19-9-3-1-4-10-19)27(33)25-23-18-35-24-14-8-7-13-21(24)26(23)32(31-25)20-11-5-2-6-12-20/h1,3-12,14,18,20,22H,2,13,15-16H2,(H,30,34). The summed E-state index contributed by atoms with van der Waals surface area (Å²) in [5.74, 6) is -2.62. The number of hydrogen-bond donors (Lipinski definition) is 1. The molecular formula is C28H24N4O2S. The number of thioether (sulfide) groups is 1. The molecule has 2 aromatic rings. The highest BCUT2D eigenvalue weighted by atomic mass is 32.2. The molecule has 0 saturated heterocycles. The molecule has 0 saturated carbocycles. The lowest BCUT2D eigenvalue weighted by molar-refractivity contribution is -0.122. The SMILES string of the molecule is N#CC(C(=O)NCCc1ccccc1)C(=O)c1nn(C2C=CCC=C2)c2c1=CSC1=CC=CCC=21. The number of allylic oxidation sites excluding steroid dienone is 8. The molecule has 2 heterocycles. The first-order chi connectivity index (χ1) is 17.2. The third-order valence-corrected chi connectivity index (χ3v) is 7.19. The van der Waals surface area contributed by atoms with Crippen molar-refractivity contribution < 1.29 is 9.59 Å². The summed E-state index contributed by atoms with van der Waals surface area (Å²) in [7, 11) is 0. The van der Waals surface area contributed by atoms with Crippen molar-refractivity contribution >= 4 is 34.4 Å². The van der Waals surface area contributed by atoms with E-state index in [9.17, 15) is 14.9 Å². The largest absolute Gasteiger partial charge is 0.354 e. The van der Waals surface area contributed by atoms with Crippen LogP contribution in [0.5, 0.6) is 0 Å². The minimum absolute atomic E-state index is 0.129. The Morgan fingerprint density at radius 2 is 2.00 bits per heavy atom. The van der Waals surface area contributed by atoms with Gasteiger partial charge in [0.2, 0.25) is 11.7 Å². The minimum atomic E-state index is -1.46. The van der Waals surface area contributed by atoms with Crippen LogP contribution in [0.3, 0.4) is 0 Å². The highest BCUT2D eigenvalue weighted by Gasteiger charge is 2.32. The molecule has 174 valence electrons. The Hall–Kier alpha value is -3.89. The topological polar surface area (TPSA) is 87.8 Å². The number of nitriles is 1. The van der Waals surface area contributed by atoms with Crippen molar-refractivity contribution in [3.05, 3.63) is 99.6 Å². The van der Waals surface area contributed by atoms with Gasteiger partial charge in [-0.2, -0.15) is 10.4 Å². The predicted octanol–water partition coefficient (Wildman–Crippen LogP) is 3.10. The van der Waals surface area contributed by atoms with Gasteiger partial charge in [0.1, 0.15) is 5.69 Å². The van der Waals surface area contributed by atoms with E-state index in [1.807, 2.05) is 52.6 Å². The van der Waals surface area contributed by atoms with Crippen LogP contribution in [-0.2, 0) is 11.2 Å². The lowest BCUT2D eigenvalue weighted by Gasteiger charge is -2.18. The summed E-state index contributed by atoms with van der Waals surface area (Å²) in [6.07, 6.45) is 16.7. The van der Waals surface area contributed by atoms with E-state index in [0.717, 1.165) is 34.2 Å². The molecule has 1 N–H and O–H groups in total. The summed E-state index contributed by atoms with van der Waals surface area (Å²) in [6, 6.07) is 11.5. The van der Waals surface area contributed by atoms with Gasteiger partial charge in [0.05, 0.1) is 17.5 Å². The zero-order valence-corrected chi connectivity index (χ0v) is 19.9. The molecule has 2 aliphatic carbocycles. The Morgan fingerprint density at radius 1 is 1.20 bits per heavy atom. The zero-order chi connectivity index (χ0) is 24.2. The van der Waals surface area contributed by atoms with E-state index in [0.29, 0.717) is 18.2 Å². The second-order valence-electron chi connectivity index (χ2n) is 8.47. The third-order valence-electron chi connectivity index (χ3n) is 6.20. The van der Waals surface area contributed by atoms with E-state index < -0.39 is 17.6 Å². The van der Waals surface area contributed by atoms with Crippen LogP contribution in [0, 0.1) is 17.2 Å². The highest BCUT2D eigenvalue weighted by Crippen LogP contribution is 2.32. The fourth-order valence-corrected chi connectivity index (χ4v) is 5.39. The van der Waals surface area contributed by atoms with E-state index in [2.05, 4.69) is 41.8 Å². The van der Waals surface area contributed by atoms with Crippen molar-refractivity contribution in [2.75, 3.05) is 6.54 Å². The van der Waals surface area contributed by atoms with Gasteiger partial charge in [-0.05, 0) is 41.9 Å². The zero-order valence-electron chi connectivity index (χ0n) is 19.1. The number of ketones is 1. The van der Waals surface area contributed by atoms with Crippen LogP contribution in [0.25, 0.3) is 11.0 Å². The number of nitrogens with one attached hydrogen (secondary N) is 1. The van der Waals surface area contributed by atoms with Crippen LogP contribution in [-0.4, -0.2) is 28.0 Å². The Labute approximate surface area is 207 Å². The number of fused-ring (bicyclic) bond motifs is 2. The van der Waals surface area contributed by atoms with Crippen molar-refractivity contribution in [1.82, 2.24) is 15.1 Å². The van der Waals surface area contributed by atoms with E-state index in [1.54, 1.807) is 11.8 Å². The van der Waals surface area contributed by atoms with Gasteiger partial charge in [-0.25, -0.2) is 0 Å². The molecule has 0 spiro atoms. The molecule has 5 rings (SSSR count). The molecule has 7 heteroatoms. The second-order valence-corrected chi connectivity index (χ2v) is 9.38. The van der Waals surface area contributed by atoms with Crippen molar-refractivity contribution in [2.45, 2.75) is 25.3 Å². The van der Waals surface area contributed by atoms with Gasteiger partial charge in [0, 0.05) is 16.7 Å². The molecule has 1 aliphatic heterocycles. The summed E-state index contributed by atoms with van der Waals surface area (Å²) < 4.78 is 1.86. The first kappa shape index (κ1) is 22.9. The van der Waals surface area contributed by atoms with E-state index in [4.69, 9.17) is 5.10 Å². The molecule has 1 atom stereocenters. The Bertz CT molecular complexity index is 1440. The number of rotatable bonds is 7. The highest BCUT2D eigenvalue weighted by molar-refractivity contribution is 8.10. The number of aromatic nitrogens is 2. The third kappa shape index (κ3) is 4.58. The molecular weight excluding hydrogens is 456 g/mol. The van der Waals surface area contributed by atoms with Gasteiger partial charge in [-0.15, -0.1) is 0 Å². The summed E-state index contributed by atoms with van der Waals surface area (Å²) in [5.41, 5.74) is 2.35. The number of nitrogens with zero attached hydrogens (tertiary/aromatic N) is 3. The first-order valence-electron chi connectivity index (χ1n) is 11.6. The lowest BCUT2D eigenvalue weighted by Crippen LogP contribution is -2.40. The van der Waals surface area contributed by atoms with Crippen LogP contribution in [0.1, 0.15) is 34.9 Å². The van der Waals surface area contributed by atoms with E-state index >= 15 is 0 Å². The number of hydrogen-bond acceptors (Lipinski definition) is 5. The summed E-state index contributed by atoms with van der Waals surface area (Å²) in [4.78, 5) is 27.5. The van der Waals surface area contributed by atoms with E-state index in [-0.39, 0.29) is 11.7 Å². The maximum atomic E-state index is 13.5. The summed E-state index contributed by atoms with van der Waals surface area (Å²) in [5, 5.41) is 20.7. The van der Waals surface area contributed by atoms with Crippen LogP contribution < -0.4 is 15.9 Å². The molecule has 0 bridgehead atoms. The average Bonchev–Trinajstić information content (AvgIpc) is 3.30. The molecule has 1 aromatic heterocycles. The summed E-state index contributed by atoms with van der Waals surface area (Å²) >= 11 is 1.54. The Balaban J connectivity index is 1.47. The number of carbonyl (C=O) groups excluding carboxylic acids is 2. The number of amides is 1. The monoisotopic (exact) mass is 480 g/mol. The van der Waals surface area contributed by atoms with Crippen molar-refractivity contribution in [2.24, 2.45) is 5.92 Å². The molecule has 0 fully saturated rings. The number of Topliss-reactive ketones (excluding diaryl/α,β-unsaturated/α-hetero) is 1. The first-order valence-corrected chi connectivity index (χ1v) is 12.5. The molecule has 3 aliphatic rings. The Morgan fingerprint density at radius 3 is 2.77 bits per heavy atom. The second kappa shape index (κ2) is 10.2. The number of carbonyl (C=O) groups is 2. The quantitative estimate of drug-likeness (QED) is 0.374. The predicted molar refractivity (Wildman–Crippen MR) is 137 cm³/mol. The van der Waals surface area contributed by atoms with Crippen molar-refractivity contribution in [1.29, 1.82) is 5.26 Å². The summed E-state index contributed by atoms with van der Waals surface area (Å²) in [6.45, 7) is 0.346. The van der Waals surface area contributed by atoms with Crippen LogP contribution >= 0.6 is 11.8 Å². The fourth-order valence-electron chi connectivity index (χ4n) is 4.44. The lowest BCUT2D eigenvalue weighted by atomic mass is 10.00. The smallest absolute Gasteiger partial charge is 0.245 e. The van der Waals surface area contributed by atoms with Gasteiger partial charge in [-0.3, -0.25) is 14.3 Å². The van der Waals surface area contributed by atoms with Gasteiger partial charge in [-0.1, -0.05) is 78.5 Å². The van der Waals surface area contributed by atoms with Gasteiger partial charge < -0.3 is 5.32 Å². The molecule has 35 heavy (non-hydrogen) atoms. The van der Waals surface area contributed by atoms with Crippen LogP contribution in [0.15, 0.2) is 77.8 Å². The van der Waals surface area contributed by atoms with Gasteiger partial charge in [0.15, 0.2) is 5.92 Å².